The second kappa shape index (κ2) is 4.32. The number of benzene rings is 1. The van der Waals surface area contributed by atoms with Crippen LogP contribution in [0.15, 0.2) is 29.1 Å². The molecule has 0 saturated carbocycles. The first-order chi connectivity index (χ1) is 7.70. The van der Waals surface area contributed by atoms with Gasteiger partial charge < -0.3 is 5.73 Å². The van der Waals surface area contributed by atoms with Gasteiger partial charge in [0.2, 0.25) is 0 Å². The van der Waals surface area contributed by atoms with Crippen LogP contribution in [0.1, 0.15) is 11.4 Å². The number of hydrogen-bond donors (Lipinski definition) is 2. The lowest BCUT2D eigenvalue weighted by atomic mass is 10.2. The highest BCUT2D eigenvalue weighted by Crippen LogP contribution is 2.05. The van der Waals surface area contributed by atoms with Gasteiger partial charge in [0.25, 0.3) is 0 Å². The first-order valence-corrected chi connectivity index (χ1v) is 5.16. The lowest BCUT2D eigenvalue weighted by Gasteiger charge is -1.99. The first-order valence-electron chi connectivity index (χ1n) is 5.16. The van der Waals surface area contributed by atoms with Crippen LogP contribution in [0.4, 0.5) is 0 Å². The van der Waals surface area contributed by atoms with Crippen molar-refractivity contribution in [3.63, 3.8) is 0 Å². The monoisotopic (exact) mass is 218 g/mol. The lowest BCUT2D eigenvalue weighted by molar-refractivity contribution is 0.804. The minimum absolute atomic E-state index is 0.229. The molecular formula is C11H14N4O. The van der Waals surface area contributed by atoms with Crippen molar-refractivity contribution < 1.29 is 0 Å². The average molecular weight is 218 g/mol. The minimum Gasteiger partial charge on any atom is -0.330 e. The maximum absolute atomic E-state index is 11.6. The molecule has 2 aromatic rings. The Morgan fingerprint density at radius 1 is 1.38 bits per heavy atom. The Hall–Kier alpha value is -1.88. The van der Waals surface area contributed by atoms with Crippen LogP contribution in [0.5, 0.6) is 0 Å². The van der Waals surface area contributed by atoms with E-state index < -0.39 is 0 Å². The predicted octanol–water partition coefficient (Wildman–Crippen LogP) is 0.370. The largest absolute Gasteiger partial charge is 0.348 e. The standard InChI is InChI=1S/C11H14N4O/c1-8-2-4-9(5-3-8)15-11(16)13-10(14-15)6-7-12/h2-5H,6-7,12H2,1H3,(H,13,14,16). The van der Waals surface area contributed by atoms with Crippen molar-refractivity contribution in [2.24, 2.45) is 5.73 Å². The van der Waals surface area contributed by atoms with Crippen LogP contribution in [-0.2, 0) is 6.42 Å². The number of nitrogens with zero attached hydrogens (tertiary/aromatic N) is 2. The molecule has 1 aromatic carbocycles. The Kier molecular flexibility index (Phi) is 2.87. The van der Waals surface area contributed by atoms with Gasteiger partial charge in [-0.15, -0.1) is 0 Å². The van der Waals surface area contributed by atoms with E-state index in [-0.39, 0.29) is 5.69 Å². The minimum atomic E-state index is -0.229. The van der Waals surface area contributed by atoms with Crippen molar-refractivity contribution >= 4 is 0 Å². The number of rotatable bonds is 3. The Morgan fingerprint density at radius 3 is 2.69 bits per heavy atom. The SMILES string of the molecule is Cc1ccc(-n2nc(CCN)[nH]c2=O)cc1. The van der Waals surface area contributed by atoms with Gasteiger partial charge in [0.15, 0.2) is 0 Å². The molecule has 5 heteroatoms. The third-order valence-electron chi connectivity index (χ3n) is 2.32. The molecule has 0 fully saturated rings. The molecule has 0 radical (unpaired) electrons. The summed E-state index contributed by atoms with van der Waals surface area (Å²) in [7, 11) is 0. The zero-order valence-corrected chi connectivity index (χ0v) is 9.10. The van der Waals surface area contributed by atoms with Crippen LogP contribution in [-0.4, -0.2) is 21.3 Å². The fourth-order valence-electron chi connectivity index (χ4n) is 1.48. The fourth-order valence-corrected chi connectivity index (χ4v) is 1.48. The van der Waals surface area contributed by atoms with E-state index in [2.05, 4.69) is 10.1 Å². The summed E-state index contributed by atoms with van der Waals surface area (Å²) in [5, 5.41) is 4.17. The number of H-pyrrole nitrogens is 1. The number of aryl methyl sites for hydroxylation is 1. The summed E-state index contributed by atoms with van der Waals surface area (Å²) in [4.78, 5) is 14.3. The summed E-state index contributed by atoms with van der Waals surface area (Å²) in [6, 6.07) is 7.62. The Labute approximate surface area is 92.9 Å². The maximum Gasteiger partial charge on any atom is 0.348 e. The number of aromatic nitrogens is 3. The summed E-state index contributed by atoms with van der Waals surface area (Å²) in [5.74, 6) is 0.619. The third kappa shape index (κ3) is 2.04. The molecule has 1 aromatic heterocycles. The van der Waals surface area contributed by atoms with Crippen LogP contribution in [0.2, 0.25) is 0 Å². The zero-order valence-electron chi connectivity index (χ0n) is 9.10. The number of nitrogens with one attached hydrogen (secondary N) is 1. The number of nitrogens with two attached hydrogens (primary N) is 1. The van der Waals surface area contributed by atoms with Gasteiger partial charge in [-0.2, -0.15) is 9.78 Å². The van der Waals surface area contributed by atoms with Gasteiger partial charge >= 0.3 is 5.69 Å². The van der Waals surface area contributed by atoms with E-state index in [1.54, 1.807) is 0 Å². The van der Waals surface area contributed by atoms with Crippen molar-refractivity contribution in [1.29, 1.82) is 0 Å². The molecule has 0 atom stereocenters. The Bertz CT molecular complexity index is 524. The van der Waals surface area contributed by atoms with Gasteiger partial charge in [0.1, 0.15) is 5.82 Å². The molecule has 2 rings (SSSR count). The van der Waals surface area contributed by atoms with Crippen molar-refractivity contribution in [3.05, 3.63) is 46.1 Å². The summed E-state index contributed by atoms with van der Waals surface area (Å²) < 4.78 is 1.35. The molecule has 84 valence electrons. The maximum atomic E-state index is 11.6. The molecular weight excluding hydrogens is 204 g/mol. The quantitative estimate of drug-likeness (QED) is 0.781. The van der Waals surface area contributed by atoms with Crippen LogP contribution >= 0.6 is 0 Å². The molecule has 0 spiro atoms. The Morgan fingerprint density at radius 2 is 2.06 bits per heavy atom. The fraction of sp³-hybridized carbons (Fsp3) is 0.273. The van der Waals surface area contributed by atoms with Crippen LogP contribution < -0.4 is 11.4 Å². The molecule has 16 heavy (non-hydrogen) atoms. The van der Waals surface area contributed by atoms with Crippen molar-refractivity contribution in [2.75, 3.05) is 6.54 Å². The van der Waals surface area contributed by atoms with Crippen LogP contribution in [0.3, 0.4) is 0 Å². The van der Waals surface area contributed by atoms with E-state index in [9.17, 15) is 4.79 Å². The molecule has 5 nitrogen and oxygen atoms in total. The summed E-state index contributed by atoms with van der Waals surface area (Å²) in [6.45, 7) is 2.47. The third-order valence-corrected chi connectivity index (χ3v) is 2.32. The van der Waals surface area contributed by atoms with Crippen molar-refractivity contribution in [3.8, 4) is 5.69 Å². The predicted molar refractivity (Wildman–Crippen MR) is 61.7 cm³/mol. The van der Waals surface area contributed by atoms with Crippen molar-refractivity contribution in [2.45, 2.75) is 13.3 Å². The Balaban J connectivity index is 2.40. The summed E-state index contributed by atoms with van der Waals surface area (Å²) in [5.41, 5.74) is 7.08. The van der Waals surface area contributed by atoms with Crippen molar-refractivity contribution in [1.82, 2.24) is 14.8 Å². The van der Waals surface area contributed by atoms with E-state index in [1.807, 2.05) is 31.2 Å². The van der Waals surface area contributed by atoms with E-state index in [0.29, 0.717) is 18.8 Å². The molecule has 0 amide bonds. The van der Waals surface area contributed by atoms with E-state index in [1.165, 1.54) is 4.68 Å². The summed E-state index contributed by atoms with van der Waals surface area (Å²) >= 11 is 0. The van der Waals surface area contributed by atoms with E-state index in [0.717, 1.165) is 11.3 Å². The van der Waals surface area contributed by atoms with Gasteiger partial charge in [-0.05, 0) is 25.6 Å². The van der Waals surface area contributed by atoms with Crippen LogP contribution in [0.25, 0.3) is 5.69 Å². The lowest BCUT2D eigenvalue weighted by Crippen LogP contribution is -2.15. The smallest absolute Gasteiger partial charge is 0.330 e. The topological polar surface area (TPSA) is 76.7 Å². The number of hydrogen-bond acceptors (Lipinski definition) is 3. The average Bonchev–Trinajstić information content (AvgIpc) is 2.61. The molecule has 0 bridgehead atoms. The molecule has 0 aliphatic rings. The van der Waals surface area contributed by atoms with Gasteiger partial charge in [-0.1, -0.05) is 17.7 Å². The highest BCUT2D eigenvalue weighted by Gasteiger charge is 2.05. The van der Waals surface area contributed by atoms with Gasteiger partial charge in [0, 0.05) is 6.42 Å². The normalized spacial score (nSPS) is 10.6. The second-order valence-electron chi connectivity index (χ2n) is 3.66. The zero-order chi connectivity index (χ0) is 11.5. The van der Waals surface area contributed by atoms with E-state index >= 15 is 0 Å². The highest BCUT2D eigenvalue weighted by atomic mass is 16.1. The van der Waals surface area contributed by atoms with E-state index in [4.69, 9.17) is 5.73 Å². The first kappa shape index (κ1) is 10.6. The number of aromatic amines is 1. The summed E-state index contributed by atoms with van der Waals surface area (Å²) in [6.07, 6.45) is 0.577. The second-order valence-corrected chi connectivity index (χ2v) is 3.66. The van der Waals surface area contributed by atoms with Gasteiger partial charge in [-0.3, -0.25) is 4.98 Å². The highest BCUT2D eigenvalue weighted by molar-refractivity contribution is 5.32. The molecule has 3 N–H and O–H groups in total. The molecule has 1 heterocycles. The molecule has 0 aliphatic carbocycles. The molecule has 0 unspecified atom stereocenters. The van der Waals surface area contributed by atoms with Gasteiger partial charge in [0.05, 0.1) is 5.69 Å². The van der Waals surface area contributed by atoms with Crippen LogP contribution in [0, 0.1) is 6.92 Å². The van der Waals surface area contributed by atoms with Gasteiger partial charge in [-0.25, -0.2) is 4.79 Å². The molecule has 0 aliphatic heterocycles. The molecule has 0 saturated heterocycles.